The molecule has 1 atom stereocenters. The van der Waals surface area contributed by atoms with Crippen molar-refractivity contribution in [2.45, 2.75) is 59.1 Å². The van der Waals surface area contributed by atoms with Crippen LogP contribution >= 0.6 is 0 Å². The number of nitrogens with zero attached hydrogens (tertiary/aromatic N) is 2. The van der Waals surface area contributed by atoms with Crippen LogP contribution in [0, 0.1) is 0 Å². The van der Waals surface area contributed by atoms with Gasteiger partial charge in [0.1, 0.15) is 11.5 Å². The van der Waals surface area contributed by atoms with Crippen LogP contribution in [0.2, 0.25) is 0 Å². The normalized spacial score (nSPS) is 17.5. The van der Waals surface area contributed by atoms with Crippen molar-refractivity contribution in [2.24, 2.45) is 0 Å². The maximum atomic E-state index is 13.4. The lowest BCUT2D eigenvalue weighted by atomic mass is 9.84. The highest BCUT2D eigenvalue weighted by atomic mass is 16.5. The Labute approximate surface area is 220 Å². The summed E-state index contributed by atoms with van der Waals surface area (Å²) in [5, 5.41) is 11.5. The topological polar surface area (TPSA) is 79.3 Å². The second kappa shape index (κ2) is 11.4. The second-order valence-electron chi connectivity index (χ2n) is 10.8. The van der Waals surface area contributed by atoms with Crippen molar-refractivity contribution in [1.82, 2.24) is 4.90 Å². The first kappa shape index (κ1) is 28.3. The standard InChI is InChI=1S/C30H40N2O5/c1-9-36-24-15-12-21(18-23(24)30(4,5)6)27(33)25-26(20-10-13-22(14-11-20)31(7)8)32(29(35)28(25)34)16-17-37-19(2)3/h10-15,18-19,26,33H,9,16-17H2,1-8H3/b27-25-. The number of anilines is 1. The number of rotatable bonds is 9. The Morgan fingerprint density at radius 1 is 1.08 bits per heavy atom. The summed E-state index contributed by atoms with van der Waals surface area (Å²) in [6, 6.07) is 12.3. The van der Waals surface area contributed by atoms with Crippen LogP contribution in [0.5, 0.6) is 5.75 Å². The fourth-order valence-corrected chi connectivity index (χ4v) is 4.50. The minimum atomic E-state index is -0.725. The summed E-state index contributed by atoms with van der Waals surface area (Å²) in [6.07, 6.45) is -0.00526. The Balaban J connectivity index is 2.16. The number of ether oxygens (including phenoxy) is 2. The molecule has 1 amide bonds. The van der Waals surface area contributed by atoms with E-state index < -0.39 is 17.7 Å². The smallest absolute Gasteiger partial charge is 0.295 e. The number of carbonyl (C=O) groups excluding carboxylic acids is 2. The highest BCUT2D eigenvalue weighted by Crippen LogP contribution is 2.41. The number of Topliss-reactive ketones (excluding diaryl/α,β-unsaturated/α-hetero) is 1. The van der Waals surface area contributed by atoms with Crippen LogP contribution in [0.15, 0.2) is 48.0 Å². The predicted molar refractivity (Wildman–Crippen MR) is 147 cm³/mol. The van der Waals surface area contributed by atoms with E-state index in [1.54, 1.807) is 6.07 Å². The zero-order valence-corrected chi connectivity index (χ0v) is 23.3. The first-order valence-corrected chi connectivity index (χ1v) is 12.8. The monoisotopic (exact) mass is 508 g/mol. The molecule has 0 aliphatic carbocycles. The summed E-state index contributed by atoms with van der Waals surface area (Å²) in [4.78, 5) is 30.0. The Morgan fingerprint density at radius 3 is 2.27 bits per heavy atom. The van der Waals surface area contributed by atoms with Crippen LogP contribution in [0.3, 0.4) is 0 Å². The number of likely N-dealkylation sites (tertiary alicyclic amines) is 1. The highest BCUT2D eigenvalue weighted by molar-refractivity contribution is 6.46. The summed E-state index contributed by atoms with van der Waals surface area (Å²) in [6.45, 7) is 13.0. The zero-order valence-electron chi connectivity index (χ0n) is 23.3. The van der Waals surface area contributed by atoms with Gasteiger partial charge in [0.25, 0.3) is 11.7 Å². The molecule has 1 heterocycles. The van der Waals surface area contributed by atoms with Gasteiger partial charge in [0.2, 0.25) is 0 Å². The van der Waals surface area contributed by atoms with Crippen molar-refractivity contribution < 1.29 is 24.2 Å². The van der Waals surface area contributed by atoms with Gasteiger partial charge in [-0.2, -0.15) is 0 Å². The van der Waals surface area contributed by atoms with Gasteiger partial charge in [-0.1, -0.05) is 32.9 Å². The van der Waals surface area contributed by atoms with Gasteiger partial charge < -0.3 is 24.4 Å². The van der Waals surface area contributed by atoms with Crippen LogP contribution in [0.4, 0.5) is 5.69 Å². The molecule has 3 rings (SSSR count). The molecule has 0 spiro atoms. The number of aliphatic hydroxyl groups is 1. The number of aliphatic hydroxyl groups excluding tert-OH is 1. The zero-order chi connectivity index (χ0) is 27.5. The van der Waals surface area contributed by atoms with E-state index in [1.807, 2.05) is 76.2 Å². The highest BCUT2D eigenvalue weighted by Gasteiger charge is 2.46. The number of hydrogen-bond acceptors (Lipinski definition) is 6. The third-order valence-corrected chi connectivity index (χ3v) is 6.41. The third kappa shape index (κ3) is 6.16. The maximum absolute atomic E-state index is 13.4. The molecule has 1 aliphatic heterocycles. The molecule has 1 fully saturated rings. The lowest BCUT2D eigenvalue weighted by Gasteiger charge is -2.26. The lowest BCUT2D eigenvalue weighted by Crippen LogP contribution is -2.33. The first-order valence-electron chi connectivity index (χ1n) is 12.8. The molecule has 0 radical (unpaired) electrons. The van der Waals surface area contributed by atoms with Crippen LogP contribution in [-0.4, -0.2) is 61.7 Å². The molecule has 37 heavy (non-hydrogen) atoms. The van der Waals surface area contributed by atoms with E-state index in [4.69, 9.17) is 9.47 Å². The Morgan fingerprint density at radius 2 is 1.73 bits per heavy atom. The van der Waals surface area contributed by atoms with Gasteiger partial charge in [0.15, 0.2) is 0 Å². The first-order chi connectivity index (χ1) is 17.4. The fourth-order valence-electron chi connectivity index (χ4n) is 4.50. The van der Waals surface area contributed by atoms with E-state index in [0.29, 0.717) is 12.2 Å². The summed E-state index contributed by atoms with van der Waals surface area (Å²) in [5.74, 6) is -0.804. The molecule has 1 aliphatic rings. The molecule has 0 aromatic heterocycles. The number of amides is 1. The molecule has 200 valence electrons. The molecule has 2 aromatic rings. The minimum Gasteiger partial charge on any atom is -0.507 e. The SMILES string of the molecule is CCOc1ccc(/C(O)=C2/C(=O)C(=O)N(CCOC(C)C)C2c2ccc(N(C)C)cc2)cc1C(C)(C)C. The van der Waals surface area contributed by atoms with Gasteiger partial charge in [-0.15, -0.1) is 0 Å². The van der Waals surface area contributed by atoms with E-state index in [-0.39, 0.29) is 36.0 Å². The molecule has 2 aromatic carbocycles. The van der Waals surface area contributed by atoms with E-state index in [9.17, 15) is 14.7 Å². The molecule has 1 unspecified atom stereocenters. The van der Waals surface area contributed by atoms with Gasteiger partial charge >= 0.3 is 0 Å². The van der Waals surface area contributed by atoms with Gasteiger partial charge in [0.05, 0.1) is 30.9 Å². The van der Waals surface area contributed by atoms with Crippen molar-refractivity contribution in [3.8, 4) is 5.75 Å². The number of hydrogen-bond donors (Lipinski definition) is 1. The fraction of sp³-hybridized carbons (Fsp3) is 0.467. The molecule has 7 heteroatoms. The average molecular weight is 509 g/mol. The van der Waals surface area contributed by atoms with E-state index in [1.165, 1.54) is 4.90 Å². The van der Waals surface area contributed by atoms with Crippen molar-refractivity contribution in [3.05, 3.63) is 64.7 Å². The number of ketones is 1. The number of carbonyl (C=O) groups is 2. The molecule has 0 saturated carbocycles. The predicted octanol–water partition coefficient (Wildman–Crippen LogP) is 5.30. The van der Waals surface area contributed by atoms with Gasteiger partial charge in [-0.3, -0.25) is 9.59 Å². The Hall–Kier alpha value is -3.32. The van der Waals surface area contributed by atoms with E-state index in [0.717, 1.165) is 22.6 Å². The summed E-state index contributed by atoms with van der Waals surface area (Å²) >= 11 is 0. The summed E-state index contributed by atoms with van der Waals surface area (Å²) < 4.78 is 11.5. The maximum Gasteiger partial charge on any atom is 0.295 e. The lowest BCUT2D eigenvalue weighted by molar-refractivity contribution is -0.140. The Bertz CT molecular complexity index is 1160. The van der Waals surface area contributed by atoms with Gasteiger partial charge in [-0.05, 0) is 62.1 Å². The molecule has 0 bridgehead atoms. The molecule has 1 saturated heterocycles. The van der Waals surface area contributed by atoms with Crippen molar-refractivity contribution >= 4 is 23.1 Å². The molecular weight excluding hydrogens is 468 g/mol. The average Bonchev–Trinajstić information content (AvgIpc) is 3.08. The van der Waals surface area contributed by atoms with Gasteiger partial charge in [0, 0.05) is 37.5 Å². The molecule has 7 nitrogen and oxygen atoms in total. The van der Waals surface area contributed by atoms with Crippen LogP contribution < -0.4 is 9.64 Å². The van der Waals surface area contributed by atoms with Crippen molar-refractivity contribution in [1.29, 1.82) is 0 Å². The van der Waals surface area contributed by atoms with Crippen molar-refractivity contribution in [3.63, 3.8) is 0 Å². The minimum absolute atomic E-state index is 0.00526. The second-order valence-corrected chi connectivity index (χ2v) is 10.8. The summed E-state index contributed by atoms with van der Waals surface area (Å²) in [7, 11) is 3.89. The van der Waals surface area contributed by atoms with Crippen LogP contribution in [-0.2, 0) is 19.7 Å². The number of benzene rings is 2. The third-order valence-electron chi connectivity index (χ3n) is 6.41. The van der Waals surface area contributed by atoms with E-state index in [2.05, 4.69) is 20.8 Å². The van der Waals surface area contributed by atoms with Crippen LogP contribution in [0.1, 0.15) is 64.3 Å². The largest absolute Gasteiger partial charge is 0.507 e. The summed E-state index contributed by atoms with van der Waals surface area (Å²) in [5.41, 5.74) is 2.94. The van der Waals surface area contributed by atoms with E-state index >= 15 is 0 Å². The van der Waals surface area contributed by atoms with Crippen LogP contribution in [0.25, 0.3) is 5.76 Å². The molecular formula is C30H40N2O5. The van der Waals surface area contributed by atoms with Crippen molar-refractivity contribution in [2.75, 3.05) is 38.8 Å². The van der Waals surface area contributed by atoms with Gasteiger partial charge in [-0.25, -0.2) is 0 Å². The Kier molecular flexibility index (Phi) is 8.69. The molecule has 1 N–H and O–H groups in total. The quantitative estimate of drug-likeness (QED) is 0.282.